The fraction of sp³-hybridized carbons (Fsp3) is 0.423. The van der Waals surface area contributed by atoms with E-state index in [1.165, 1.54) is 62.8 Å². The number of aliphatic hydroxyl groups excluding tert-OH is 5. The number of aromatic hydroxyl groups is 4. The Morgan fingerprint density at radius 3 is 1.31 bits per heavy atom. The van der Waals surface area contributed by atoms with E-state index in [1.807, 2.05) is 0 Å². The summed E-state index contributed by atoms with van der Waals surface area (Å²) in [6.07, 6.45) is -11.5. The van der Waals surface area contributed by atoms with Crippen molar-refractivity contribution in [3.05, 3.63) is 127 Å². The summed E-state index contributed by atoms with van der Waals surface area (Å²) in [7, 11) is 3.63. The lowest BCUT2D eigenvalue weighted by molar-refractivity contribution is -0.427. The molecule has 42 heteroatoms. The monoisotopic (exact) mass is 1620 g/mol. The molecule has 6 amide bonds. The van der Waals surface area contributed by atoms with Gasteiger partial charge in [-0.05, 0) is 26.0 Å². The van der Waals surface area contributed by atoms with E-state index < -0.39 is 221 Å². The lowest BCUT2D eigenvalue weighted by atomic mass is 9.71. The molecule has 4 aliphatic heterocycles. The van der Waals surface area contributed by atoms with Gasteiger partial charge < -0.3 is 101 Å². The molecule has 2 fully saturated rings. The SMILES string of the molecule is CO.COc1cccc2c1C(=O)c1c(O)c3c(c(O)c1C2=O)C[C@@](O)(/C(CO)=N/NC(=O)CCN1C(=O)C=CC1=O)C[C@@H]3OC1CC(N)C(O)C(C)O1.COc1cccc2c1C(=O)c1c(O)c3c(c(O)c1C2=O)C[C@@](O)(C(=O)CO)C[C@@H]3OC1CC(N)C(O)C(C)O1.Cl.O=C(O)C(F)(F)F.[NH3+]NC(=O)CCN1C(=O)C=CC1=O. The Bertz CT molecular complexity index is 4520. The van der Waals surface area contributed by atoms with Crippen molar-refractivity contribution < 1.29 is 166 Å². The van der Waals surface area contributed by atoms with Gasteiger partial charge in [0.2, 0.25) is 17.5 Å². The highest BCUT2D eigenvalue weighted by atomic mass is 35.5. The number of imide groups is 2. The van der Waals surface area contributed by atoms with E-state index in [-0.39, 0.29) is 125 Å². The number of benzene rings is 4. The Morgan fingerprint density at radius 2 is 0.965 bits per heavy atom. The van der Waals surface area contributed by atoms with Crippen molar-refractivity contribution in [2.75, 3.05) is 47.6 Å². The third kappa shape index (κ3) is 18.2. The number of fused-ring (bicyclic) bond motifs is 6. The van der Waals surface area contributed by atoms with E-state index in [1.54, 1.807) is 13.8 Å². The van der Waals surface area contributed by atoms with Crippen molar-refractivity contribution in [1.29, 1.82) is 0 Å². The highest BCUT2D eigenvalue weighted by Gasteiger charge is 2.53. The van der Waals surface area contributed by atoms with E-state index in [2.05, 4.69) is 21.8 Å². The number of carboxylic acid groups (broad SMARTS) is 1. The first-order chi connectivity index (χ1) is 52.7. The van der Waals surface area contributed by atoms with Gasteiger partial charge >= 0.3 is 12.1 Å². The minimum absolute atomic E-state index is 0. The molecule has 4 aromatic carbocycles. The van der Waals surface area contributed by atoms with E-state index in [0.717, 1.165) is 29.1 Å². The number of nitrogens with one attached hydrogen (secondary N) is 2. The van der Waals surface area contributed by atoms with Gasteiger partial charge in [-0.25, -0.2) is 15.6 Å². The van der Waals surface area contributed by atoms with Crippen LogP contribution in [-0.4, -0.2) is 261 Å². The molecule has 113 heavy (non-hydrogen) atoms. The van der Waals surface area contributed by atoms with Gasteiger partial charge in [0.15, 0.2) is 29.9 Å². The van der Waals surface area contributed by atoms with Crippen molar-refractivity contribution in [3.63, 3.8) is 0 Å². The van der Waals surface area contributed by atoms with Gasteiger partial charge in [0.05, 0.1) is 96.5 Å². The second-order valence-corrected chi connectivity index (χ2v) is 26.2. The summed E-state index contributed by atoms with van der Waals surface area (Å²) in [4.78, 5) is 147. The zero-order valence-electron chi connectivity index (χ0n) is 60.5. The largest absolute Gasteiger partial charge is 0.507 e. The predicted octanol–water partition coefficient (Wildman–Crippen LogP) is -2.54. The molecule has 4 aliphatic carbocycles. The number of rotatable bonds is 17. The summed E-state index contributed by atoms with van der Waals surface area (Å²) < 4.78 is 66.1. The van der Waals surface area contributed by atoms with Crippen LogP contribution in [-0.2, 0) is 70.1 Å². The Morgan fingerprint density at radius 1 is 0.602 bits per heavy atom. The van der Waals surface area contributed by atoms with Crippen molar-refractivity contribution in [1.82, 2.24) is 20.7 Å². The van der Waals surface area contributed by atoms with Gasteiger partial charge in [0, 0.05) is 141 Å². The van der Waals surface area contributed by atoms with Crippen LogP contribution < -0.4 is 37.6 Å². The molecule has 8 unspecified atom stereocenters. The molecular formula is C71H81ClF3N8O30+. The smallest absolute Gasteiger partial charge is 0.490 e. The second-order valence-electron chi connectivity index (χ2n) is 26.2. The number of methoxy groups -OCH3 is 2. The number of Topliss-reactive ketones (excluding diaryl/α,β-unsaturated/α-hetero) is 1. The molecule has 4 heterocycles. The summed E-state index contributed by atoms with van der Waals surface area (Å²) >= 11 is 0. The number of carboxylic acids is 1. The molecule has 12 rings (SSSR count). The molecule has 0 aromatic heterocycles. The summed E-state index contributed by atoms with van der Waals surface area (Å²) in [5.41, 5.74) is 8.58. The molecule has 0 bridgehead atoms. The number of hydrogen-bond acceptors (Lipinski definition) is 32. The summed E-state index contributed by atoms with van der Waals surface area (Å²) in [5, 5.41) is 128. The number of phenolic OH excluding ortho intramolecular Hbond substituents is 4. The zero-order valence-corrected chi connectivity index (χ0v) is 61.3. The van der Waals surface area contributed by atoms with Gasteiger partial charge in [-0.15, -0.1) is 12.4 Å². The molecule has 8 aliphatic rings. The number of ether oxygens (including phenoxy) is 6. The average molecular weight is 1620 g/mol. The van der Waals surface area contributed by atoms with Gasteiger partial charge in [-0.1, -0.05) is 24.3 Å². The number of ketones is 5. The van der Waals surface area contributed by atoms with Crippen molar-refractivity contribution in [2.24, 2.45) is 16.6 Å². The lowest BCUT2D eigenvalue weighted by Crippen LogP contribution is -2.67. The van der Waals surface area contributed by atoms with Crippen LogP contribution in [0.2, 0.25) is 0 Å². The van der Waals surface area contributed by atoms with Crippen LogP contribution >= 0.6 is 12.4 Å². The normalized spacial score (nSPS) is 25.1. The van der Waals surface area contributed by atoms with Crippen LogP contribution in [0.4, 0.5) is 13.2 Å². The number of hydrogen-bond donors (Lipinski definition) is 17. The molecular weight excluding hydrogens is 1540 g/mol. The number of amides is 6. The third-order valence-electron chi connectivity index (χ3n) is 19.3. The van der Waals surface area contributed by atoms with E-state index in [4.69, 9.17) is 54.9 Å². The van der Waals surface area contributed by atoms with Gasteiger partial charge in [0.25, 0.3) is 29.5 Å². The molecule has 0 saturated carbocycles. The van der Waals surface area contributed by atoms with Gasteiger partial charge in [0.1, 0.15) is 52.3 Å². The Kier molecular flexibility index (Phi) is 28.9. The topological polar surface area (TPSA) is 626 Å². The number of hydrazone groups is 1. The average Bonchev–Trinajstić information content (AvgIpc) is 0.861. The van der Waals surface area contributed by atoms with Crippen LogP contribution in [0.5, 0.6) is 34.5 Å². The maximum atomic E-state index is 13.9. The molecule has 612 valence electrons. The molecule has 12 atom stereocenters. The van der Waals surface area contributed by atoms with Crippen LogP contribution in [0.15, 0.2) is 65.8 Å². The Labute approximate surface area is 643 Å². The number of quaternary nitrogens is 1. The molecule has 38 nitrogen and oxygen atoms in total. The standard InChI is InChI=1S/C34H36N4O13.C27H29NO11.C7H9N3O3.C2HF3O2.CH4O.ClH/c1-14-29(43)17(35)10-24(50-14)51-19-12-34(48,20(13-39)36-37-21(40)8-9-38-22(41)6-7-23(38)42)11-16-26(19)33(47)28-27(31(16)45)30(44)15-4-3-5-18(49-2)25(15)32(28)46;1-10-22(31)13(28)6-17(38-10)39-15-8-27(36,16(30)9-29)7-12-19(15)26(35)21-20(24(12)33)23(32)11-4-3-5-14(37-2)18(11)25(21)34;8-9-5(11)3-4-10-6(12)1-2-7(10)13;3-2(4,5)1(6)7;1-2;/h3-7,14,17,19,24,29,39,43,45,47-48H,8-13,35H2,1-2H3,(H,37,40);3-5,10,13,15,17,22,29,31,33,35-36H,6-9,28H2,1-2H3;1-2H,3-4,8H2,(H,9,11);(H,6,7);2H,1H3;1H/p+1/b36-20+;;;;;/t14?,17?,19-,24?,29?,34-;10?,13?,15-,17?,22?,27-;;;;/m00..../s1. The maximum absolute atomic E-state index is 13.9. The van der Waals surface area contributed by atoms with Crippen molar-refractivity contribution in [2.45, 2.75) is 144 Å². The number of alkyl halides is 3. The van der Waals surface area contributed by atoms with Crippen LogP contribution in [0, 0.1) is 0 Å². The van der Waals surface area contributed by atoms with Crippen molar-refractivity contribution in [3.8, 4) is 34.5 Å². The molecule has 0 radical (unpaired) electrons. The molecule has 0 spiro atoms. The molecule has 2 saturated heterocycles. The van der Waals surface area contributed by atoms with E-state index in [0.29, 0.717) is 0 Å². The second kappa shape index (κ2) is 36.5. The van der Waals surface area contributed by atoms with Crippen molar-refractivity contribution >= 4 is 88.4 Å². The summed E-state index contributed by atoms with van der Waals surface area (Å²) in [5.74, 6) is -9.36. The van der Waals surface area contributed by atoms with Crippen LogP contribution in [0.25, 0.3) is 0 Å². The Balaban J connectivity index is 0.000000250. The fourth-order valence-corrected chi connectivity index (χ4v) is 13.7. The number of aliphatic hydroxyl groups is 7. The number of phenols is 4. The number of carbonyl (C=O) groups is 12. The number of aliphatic carboxylic acids is 1. The minimum atomic E-state index is -5.08. The zero-order chi connectivity index (χ0) is 83.2. The van der Waals surface area contributed by atoms with Crippen LogP contribution in [0.1, 0.15) is 151 Å². The quantitative estimate of drug-likeness (QED) is 0.0194. The Hall–Kier alpha value is -10.6. The summed E-state index contributed by atoms with van der Waals surface area (Å²) in [6, 6.07) is 7.16. The number of nitrogens with zero attached hydrogens (tertiary/aromatic N) is 3. The van der Waals surface area contributed by atoms with Crippen LogP contribution in [0.3, 0.4) is 0 Å². The van der Waals surface area contributed by atoms with Gasteiger partial charge in [-0.2, -0.15) is 18.3 Å². The fourth-order valence-electron chi connectivity index (χ4n) is 13.7. The highest BCUT2D eigenvalue weighted by Crippen LogP contribution is 2.55. The van der Waals surface area contributed by atoms with E-state index in [9.17, 15) is 117 Å². The van der Waals surface area contributed by atoms with Gasteiger partial charge in [-0.3, -0.25) is 68.4 Å². The molecule has 4 aromatic rings. The first kappa shape index (κ1) is 89.6. The highest BCUT2D eigenvalue weighted by molar-refractivity contribution is 6.32. The first-order valence-corrected chi connectivity index (χ1v) is 33.9. The summed E-state index contributed by atoms with van der Waals surface area (Å²) in [6.45, 7) is 1.04. The number of nitrogens with two attached hydrogens (primary N) is 2. The third-order valence-corrected chi connectivity index (χ3v) is 19.3. The maximum Gasteiger partial charge on any atom is 0.490 e. The number of halogens is 4. The van der Waals surface area contributed by atoms with E-state index >= 15 is 0 Å². The lowest BCUT2D eigenvalue weighted by Gasteiger charge is -2.43. The first-order valence-electron chi connectivity index (χ1n) is 33.9. The predicted molar refractivity (Wildman–Crippen MR) is 375 cm³/mol. The number of carbonyl (C=O) groups excluding carboxylic acids is 11. The minimum Gasteiger partial charge on any atom is -0.507 e. The molecule has 21 N–H and O–H groups in total.